The molecule has 11 heteroatoms. The highest BCUT2D eigenvalue weighted by molar-refractivity contribution is 5.88. The maximum atomic E-state index is 12.9. The number of carbonyl (C=O) groups excluding carboxylic acids is 1. The summed E-state index contributed by atoms with van der Waals surface area (Å²) in [5.74, 6) is 0.670. The number of fused-ring (bicyclic) bond motifs is 2. The molecule has 0 amide bonds. The molecule has 2 aromatic heterocycles. The number of hydrogen-bond donors (Lipinski definition) is 1. The van der Waals surface area contributed by atoms with E-state index in [1.807, 2.05) is 0 Å². The molecule has 0 fully saturated rings. The molecule has 0 bridgehead atoms. The zero-order valence-electron chi connectivity index (χ0n) is 15.6. The molecule has 3 rings (SSSR count). The van der Waals surface area contributed by atoms with Gasteiger partial charge in [0.25, 0.3) is 5.56 Å². The molecule has 0 atom stereocenters. The van der Waals surface area contributed by atoms with E-state index in [4.69, 9.17) is 18.9 Å². The Labute approximate surface area is 157 Å². The summed E-state index contributed by atoms with van der Waals surface area (Å²) in [4.78, 5) is 40.4. The molecular formula is C17H18N4O7. The molecule has 3 aromatic rings. The van der Waals surface area contributed by atoms with E-state index in [1.54, 1.807) is 13.8 Å². The van der Waals surface area contributed by atoms with Gasteiger partial charge in [-0.2, -0.15) is 0 Å². The van der Waals surface area contributed by atoms with Gasteiger partial charge in [-0.25, -0.2) is 4.79 Å². The second kappa shape index (κ2) is 7.55. The minimum atomic E-state index is -0.916. The highest BCUT2D eigenvalue weighted by atomic mass is 16.7. The molecule has 0 radical (unpaired) electrons. The number of hydrogen-bond acceptors (Lipinski definition) is 9. The normalized spacial score (nSPS) is 11.0. The third kappa shape index (κ3) is 3.59. The van der Waals surface area contributed by atoms with Gasteiger partial charge in [-0.1, -0.05) is 0 Å². The van der Waals surface area contributed by atoms with Crippen LogP contribution in [0.5, 0.6) is 11.5 Å². The van der Waals surface area contributed by atoms with Crippen LogP contribution in [0.4, 0.5) is 4.79 Å². The van der Waals surface area contributed by atoms with Crippen LogP contribution in [0.25, 0.3) is 21.9 Å². The molecule has 1 aromatic carbocycles. The minimum absolute atomic E-state index is 0.164. The van der Waals surface area contributed by atoms with Gasteiger partial charge in [0.1, 0.15) is 0 Å². The van der Waals surface area contributed by atoms with Gasteiger partial charge in [-0.05, 0) is 19.9 Å². The number of nitrogens with one attached hydrogen (secondary N) is 1. The second-order valence-electron chi connectivity index (χ2n) is 6.00. The van der Waals surface area contributed by atoms with Crippen molar-refractivity contribution in [1.82, 2.24) is 20.0 Å². The number of ether oxygens (including phenoxy) is 4. The Hall–Kier alpha value is -3.63. The van der Waals surface area contributed by atoms with Crippen molar-refractivity contribution >= 4 is 28.1 Å². The average Bonchev–Trinajstić information content (AvgIpc) is 3.06. The molecular weight excluding hydrogens is 372 g/mol. The van der Waals surface area contributed by atoms with Gasteiger partial charge < -0.3 is 23.9 Å². The largest absolute Gasteiger partial charge is 0.510 e. The van der Waals surface area contributed by atoms with Crippen LogP contribution in [0, 0.1) is 0 Å². The second-order valence-corrected chi connectivity index (χ2v) is 6.00. The van der Waals surface area contributed by atoms with Crippen LogP contribution in [0.1, 0.15) is 13.8 Å². The van der Waals surface area contributed by atoms with E-state index in [2.05, 4.69) is 15.2 Å². The summed E-state index contributed by atoms with van der Waals surface area (Å²) < 4.78 is 20.1. The maximum absolute atomic E-state index is 12.9. The van der Waals surface area contributed by atoms with Crippen LogP contribution in [0.2, 0.25) is 0 Å². The van der Waals surface area contributed by atoms with E-state index in [1.165, 1.54) is 26.4 Å². The lowest BCUT2D eigenvalue weighted by molar-refractivity contribution is 0.0100. The number of rotatable bonds is 5. The predicted molar refractivity (Wildman–Crippen MR) is 97.7 cm³/mol. The van der Waals surface area contributed by atoms with Crippen molar-refractivity contribution in [3.05, 3.63) is 32.7 Å². The van der Waals surface area contributed by atoms with Crippen molar-refractivity contribution < 1.29 is 23.7 Å². The molecule has 11 nitrogen and oxygen atoms in total. The van der Waals surface area contributed by atoms with Crippen LogP contribution < -0.4 is 20.5 Å². The van der Waals surface area contributed by atoms with E-state index in [-0.39, 0.29) is 28.0 Å². The lowest BCUT2D eigenvalue weighted by atomic mass is 10.2. The molecule has 0 spiro atoms. The summed E-state index contributed by atoms with van der Waals surface area (Å²) in [6.07, 6.45) is -1.27. The number of H-pyrrole nitrogens is 1. The number of benzene rings is 1. The van der Waals surface area contributed by atoms with Crippen molar-refractivity contribution in [3.8, 4) is 11.5 Å². The molecule has 0 aliphatic rings. The lowest BCUT2D eigenvalue weighted by Gasteiger charge is -2.07. The van der Waals surface area contributed by atoms with Crippen LogP contribution in [0.15, 0.2) is 21.7 Å². The smallest absolute Gasteiger partial charge is 0.493 e. The number of nitrogens with zero attached hydrogens (tertiary/aromatic N) is 3. The molecule has 2 heterocycles. The van der Waals surface area contributed by atoms with E-state index in [9.17, 15) is 14.4 Å². The van der Waals surface area contributed by atoms with Crippen LogP contribution in [-0.4, -0.2) is 46.5 Å². The molecule has 0 saturated heterocycles. The van der Waals surface area contributed by atoms with Crippen LogP contribution in [-0.2, 0) is 16.2 Å². The van der Waals surface area contributed by atoms with Gasteiger partial charge in [0, 0.05) is 6.07 Å². The first-order valence-corrected chi connectivity index (χ1v) is 8.24. The average molecular weight is 390 g/mol. The molecule has 0 aliphatic carbocycles. The SMILES string of the molecule is COc1cc2[nH]c(=O)c3nn(COC(=O)OC(C)C)nc3c(=O)c2cc1OC. The highest BCUT2D eigenvalue weighted by Crippen LogP contribution is 2.29. The summed E-state index contributed by atoms with van der Waals surface area (Å²) in [5, 5.41) is 8.08. The molecule has 1 N–H and O–H groups in total. The van der Waals surface area contributed by atoms with Gasteiger partial charge in [-0.3, -0.25) is 9.59 Å². The Morgan fingerprint density at radius 2 is 1.75 bits per heavy atom. The third-order valence-corrected chi connectivity index (χ3v) is 3.73. The first-order valence-electron chi connectivity index (χ1n) is 8.24. The fourth-order valence-corrected chi connectivity index (χ4v) is 2.53. The Morgan fingerprint density at radius 1 is 1.11 bits per heavy atom. The van der Waals surface area contributed by atoms with Crippen molar-refractivity contribution in [3.63, 3.8) is 0 Å². The van der Waals surface area contributed by atoms with E-state index >= 15 is 0 Å². The van der Waals surface area contributed by atoms with E-state index in [0.29, 0.717) is 11.5 Å². The predicted octanol–water partition coefficient (Wildman–Crippen LogP) is 1.17. The molecule has 148 valence electrons. The van der Waals surface area contributed by atoms with Crippen molar-refractivity contribution in [2.24, 2.45) is 0 Å². The number of aromatic nitrogens is 4. The van der Waals surface area contributed by atoms with Crippen molar-refractivity contribution in [2.75, 3.05) is 14.2 Å². The highest BCUT2D eigenvalue weighted by Gasteiger charge is 2.16. The Bertz CT molecular complexity index is 1170. The van der Waals surface area contributed by atoms with Crippen LogP contribution in [0.3, 0.4) is 0 Å². The molecule has 28 heavy (non-hydrogen) atoms. The van der Waals surface area contributed by atoms with E-state index < -0.39 is 23.9 Å². The van der Waals surface area contributed by atoms with E-state index in [0.717, 1.165) is 4.80 Å². The molecule has 0 aliphatic heterocycles. The number of methoxy groups -OCH3 is 2. The number of carbonyl (C=O) groups is 1. The van der Waals surface area contributed by atoms with Gasteiger partial charge in [-0.15, -0.1) is 15.0 Å². The molecule has 0 unspecified atom stereocenters. The summed E-state index contributed by atoms with van der Waals surface area (Å²) in [6, 6.07) is 2.93. The van der Waals surface area contributed by atoms with Crippen molar-refractivity contribution in [1.29, 1.82) is 0 Å². The standard InChI is InChI=1S/C17H18N4O7/c1-8(2)28-17(24)27-7-21-19-13-14(20-21)16(23)18-10-6-12(26-4)11(25-3)5-9(10)15(13)22/h5-6,8H,7H2,1-4H3,(H,18,23). The van der Waals surface area contributed by atoms with Crippen LogP contribution >= 0.6 is 0 Å². The third-order valence-electron chi connectivity index (χ3n) is 3.73. The van der Waals surface area contributed by atoms with Gasteiger partial charge in [0.2, 0.25) is 12.2 Å². The zero-order chi connectivity index (χ0) is 20.4. The number of aromatic amines is 1. The molecule has 0 saturated carbocycles. The Morgan fingerprint density at radius 3 is 2.39 bits per heavy atom. The van der Waals surface area contributed by atoms with Gasteiger partial charge in [0.05, 0.1) is 31.2 Å². The van der Waals surface area contributed by atoms with Crippen molar-refractivity contribution in [2.45, 2.75) is 26.7 Å². The monoisotopic (exact) mass is 390 g/mol. The zero-order valence-corrected chi connectivity index (χ0v) is 15.6. The fourth-order valence-electron chi connectivity index (χ4n) is 2.53. The summed E-state index contributed by atoms with van der Waals surface area (Å²) in [5.41, 5.74) is -1.30. The Balaban J connectivity index is 2.11. The summed E-state index contributed by atoms with van der Waals surface area (Å²) in [6.45, 7) is 2.91. The first kappa shape index (κ1) is 19.1. The fraction of sp³-hybridized carbons (Fsp3) is 0.353. The summed E-state index contributed by atoms with van der Waals surface area (Å²) in [7, 11) is 2.87. The van der Waals surface area contributed by atoms with Gasteiger partial charge >= 0.3 is 6.16 Å². The lowest BCUT2D eigenvalue weighted by Crippen LogP contribution is -2.16. The Kier molecular flexibility index (Phi) is 5.16. The first-order chi connectivity index (χ1) is 13.3. The maximum Gasteiger partial charge on any atom is 0.510 e. The van der Waals surface area contributed by atoms with Gasteiger partial charge in [0.15, 0.2) is 22.5 Å². The quantitative estimate of drug-likeness (QED) is 0.637. The minimum Gasteiger partial charge on any atom is -0.493 e. The topological polar surface area (TPSA) is 135 Å². The summed E-state index contributed by atoms with van der Waals surface area (Å²) >= 11 is 0.